The number of halogens is 5. The summed E-state index contributed by atoms with van der Waals surface area (Å²) in [6.07, 6.45) is -2.44. The number of amides is 2. The third-order valence-electron chi connectivity index (χ3n) is 5.14. The maximum Gasteiger partial charge on any atom is 0.490 e. The number of hydrogen-bond acceptors (Lipinski definition) is 4. The summed E-state index contributed by atoms with van der Waals surface area (Å²) in [4.78, 5) is 30.0. The van der Waals surface area contributed by atoms with Crippen LogP contribution in [0.2, 0.25) is 5.02 Å². The molecule has 1 aliphatic heterocycles. The molecule has 2 amide bonds. The Bertz CT molecular complexity index is 1190. The first-order chi connectivity index (χ1) is 16.5. The van der Waals surface area contributed by atoms with Crippen molar-refractivity contribution in [3.63, 3.8) is 0 Å². The number of alkyl halides is 3. The SMILES string of the molecule is O=C(Nc1ccc(F)cc1)N1CCCN(c2ccnc3cc(Cl)ccc23)CC1.O=C(O)C(F)(F)F. The van der Waals surface area contributed by atoms with Crippen molar-refractivity contribution in [2.45, 2.75) is 12.6 Å². The van der Waals surface area contributed by atoms with Gasteiger partial charge < -0.3 is 20.2 Å². The lowest BCUT2D eigenvalue weighted by molar-refractivity contribution is -0.192. The summed E-state index contributed by atoms with van der Waals surface area (Å²) in [5.41, 5.74) is 2.55. The van der Waals surface area contributed by atoms with E-state index in [2.05, 4.69) is 15.2 Å². The van der Waals surface area contributed by atoms with E-state index in [0.29, 0.717) is 23.8 Å². The van der Waals surface area contributed by atoms with Crippen LogP contribution in [-0.4, -0.2) is 59.3 Å². The first-order valence-electron chi connectivity index (χ1n) is 10.5. The van der Waals surface area contributed by atoms with Crippen molar-refractivity contribution in [1.29, 1.82) is 0 Å². The zero-order chi connectivity index (χ0) is 25.6. The first-order valence-corrected chi connectivity index (χ1v) is 10.8. The zero-order valence-electron chi connectivity index (χ0n) is 18.2. The summed E-state index contributed by atoms with van der Waals surface area (Å²) < 4.78 is 44.8. The van der Waals surface area contributed by atoms with E-state index in [-0.39, 0.29) is 11.8 Å². The van der Waals surface area contributed by atoms with Crippen molar-refractivity contribution < 1.29 is 32.3 Å². The lowest BCUT2D eigenvalue weighted by Crippen LogP contribution is -2.38. The highest BCUT2D eigenvalue weighted by Crippen LogP contribution is 2.28. The summed E-state index contributed by atoms with van der Waals surface area (Å²) >= 11 is 6.09. The van der Waals surface area contributed by atoms with Gasteiger partial charge in [-0.2, -0.15) is 13.2 Å². The number of anilines is 2. The number of carboxylic acid groups (broad SMARTS) is 1. The molecule has 0 bridgehead atoms. The Morgan fingerprint density at radius 3 is 2.34 bits per heavy atom. The van der Waals surface area contributed by atoms with E-state index < -0.39 is 12.1 Å². The van der Waals surface area contributed by atoms with E-state index in [0.717, 1.165) is 36.1 Å². The van der Waals surface area contributed by atoms with Gasteiger partial charge in [-0.05, 0) is 55.0 Å². The molecule has 3 aromatic rings. The highest BCUT2D eigenvalue weighted by Gasteiger charge is 2.38. The number of aliphatic carboxylic acids is 1. The van der Waals surface area contributed by atoms with Gasteiger partial charge in [0, 0.05) is 54.2 Å². The van der Waals surface area contributed by atoms with Gasteiger partial charge in [0.15, 0.2) is 0 Å². The van der Waals surface area contributed by atoms with Gasteiger partial charge in [0.1, 0.15) is 5.82 Å². The third-order valence-corrected chi connectivity index (χ3v) is 5.38. The molecule has 1 aliphatic rings. The molecule has 1 saturated heterocycles. The zero-order valence-corrected chi connectivity index (χ0v) is 19.0. The molecule has 2 N–H and O–H groups in total. The summed E-state index contributed by atoms with van der Waals surface area (Å²) in [6, 6.07) is 13.3. The van der Waals surface area contributed by atoms with Crippen LogP contribution in [0.15, 0.2) is 54.7 Å². The van der Waals surface area contributed by atoms with E-state index in [4.69, 9.17) is 21.5 Å². The maximum atomic E-state index is 13.0. The van der Waals surface area contributed by atoms with Crippen LogP contribution in [0, 0.1) is 5.82 Å². The van der Waals surface area contributed by atoms with E-state index in [1.807, 2.05) is 24.3 Å². The van der Waals surface area contributed by atoms with Crippen LogP contribution in [0.25, 0.3) is 10.9 Å². The molecule has 0 spiro atoms. The van der Waals surface area contributed by atoms with Gasteiger partial charge in [-0.25, -0.2) is 14.0 Å². The van der Waals surface area contributed by atoms with Crippen LogP contribution in [0.3, 0.4) is 0 Å². The van der Waals surface area contributed by atoms with E-state index in [1.165, 1.54) is 12.1 Å². The van der Waals surface area contributed by atoms with Gasteiger partial charge in [0.25, 0.3) is 0 Å². The molecule has 12 heteroatoms. The molecule has 35 heavy (non-hydrogen) atoms. The minimum atomic E-state index is -5.08. The normalized spacial score (nSPS) is 14.1. The first kappa shape index (κ1) is 26.0. The van der Waals surface area contributed by atoms with Crippen molar-refractivity contribution in [2.24, 2.45) is 0 Å². The Morgan fingerprint density at radius 2 is 1.69 bits per heavy atom. The Balaban J connectivity index is 0.000000429. The van der Waals surface area contributed by atoms with Gasteiger partial charge in [-0.1, -0.05) is 11.6 Å². The van der Waals surface area contributed by atoms with Crippen molar-refractivity contribution >= 4 is 45.9 Å². The lowest BCUT2D eigenvalue weighted by Gasteiger charge is -2.25. The molecule has 4 rings (SSSR count). The molecule has 0 radical (unpaired) electrons. The summed E-state index contributed by atoms with van der Waals surface area (Å²) in [5, 5.41) is 11.7. The fourth-order valence-corrected chi connectivity index (χ4v) is 3.65. The molecule has 0 saturated carbocycles. The summed E-state index contributed by atoms with van der Waals surface area (Å²) in [6.45, 7) is 2.84. The number of hydrogen-bond donors (Lipinski definition) is 2. The largest absolute Gasteiger partial charge is 0.490 e. The minimum absolute atomic E-state index is 0.167. The quantitative estimate of drug-likeness (QED) is 0.449. The second kappa shape index (κ2) is 11.2. The monoisotopic (exact) mass is 512 g/mol. The number of carbonyl (C=O) groups is 2. The Kier molecular flexibility index (Phi) is 8.34. The van der Waals surface area contributed by atoms with Gasteiger partial charge in [-0.15, -0.1) is 0 Å². The van der Waals surface area contributed by atoms with E-state index >= 15 is 0 Å². The number of urea groups is 1. The van der Waals surface area contributed by atoms with Gasteiger partial charge in [-0.3, -0.25) is 4.98 Å². The number of rotatable bonds is 2. The molecule has 7 nitrogen and oxygen atoms in total. The molecule has 186 valence electrons. The van der Waals surface area contributed by atoms with Crippen LogP contribution in [0.4, 0.5) is 33.7 Å². The molecule has 1 fully saturated rings. The van der Waals surface area contributed by atoms with Crippen LogP contribution in [-0.2, 0) is 4.79 Å². The molecule has 2 heterocycles. The van der Waals surface area contributed by atoms with Crippen LogP contribution >= 0.6 is 11.6 Å². The molecule has 0 atom stereocenters. The Labute approximate surface area is 202 Å². The summed E-state index contributed by atoms with van der Waals surface area (Å²) in [5.74, 6) is -3.08. The van der Waals surface area contributed by atoms with Crippen molar-refractivity contribution in [3.8, 4) is 0 Å². The maximum absolute atomic E-state index is 13.0. The molecule has 0 unspecified atom stereocenters. The van der Waals surface area contributed by atoms with E-state index in [1.54, 1.807) is 23.2 Å². The number of benzene rings is 2. The average molecular weight is 513 g/mol. The van der Waals surface area contributed by atoms with Crippen LogP contribution < -0.4 is 10.2 Å². The predicted octanol–water partition coefficient (Wildman–Crippen LogP) is 5.40. The van der Waals surface area contributed by atoms with E-state index in [9.17, 15) is 22.4 Å². The second-order valence-electron chi connectivity index (χ2n) is 7.56. The number of carbonyl (C=O) groups excluding carboxylic acids is 1. The Morgan fingerprint density at radius 1 is 1.00 bits per heavy atom. The molecular weight excluding hydrogens is 492 g/mol. The minimum Gasteiger partial charge on any atom is -0.475 e. The number of carboxylic acids is 1. The predicted molar refractivity (Wildman–Crippen MR) is 124 cm³/mol. The number of pyridine rings is 1. The second-order valence-corrected chi connectivity index (χ2v) is 8.00. The number of nitrogens with zero attached hydrogens (tertiary/aromatic N) is 3. The smallest absolute Gasteiger partial charge is 0.475 e. The fourth-order valence-electron chi connectivity index (χ4n) is 3.48. The highest BCUT2D eigenvalue weighted by atomic mass is 35.5. The van der Waals surface area contributed by atoms with Crippen LogP contribution in [0.5, 0.6) is 0 Å². The Hall–Kier alpha value is -3.60. The molecule has 2 aromatic carbocycles. The number of nitrogens with one attached hydrogen (secondary N) is 1. The van der Waals surface area contributed by atoms with Crippen molar-refractivity contribution in [3.05, 3.63) is 65.6 Å². The van der Waals surface area contributed by atoms with Crippen molar-refractivity contribution in [1.82, 2.24) is 9.88 Å². The molecule has 0 aliphatic carbocycles. The highest BCUT2D eigenvalue weighted by molar-refractivity contribution is 6.31. The lowest BCUT2D eigenvalue weighted by atomic mass is 10.1. The summed E-state index contributed by atoms with van der Waals surface area (Å²) in [7, 11) is 0. The number of aromatic nitrogens is 1. The molecular formula is C23H21ClF4N4O3. The average Bonchev–Trinajstić information content (AvgIpc) is 3.06. The van der Waals surface area contributed by atoms with Gasteiger partial charge in [0.05, 0.1) is 5.52 Å². The standard InChI is InChI=1S/C21H20ClFN4O.C2HF3O2/c22-15-2-7-18-19(14-15)24-9-8-20(18)26-10-1-11-27(13-12-26)21(28)25-17-5-3-16(23)4-6-17;3-2(4,5)1(6)7/h2-9,14H,1,10-13H2,(H,25,28);(H,6,7). The third kappa shape index (κ3) is 7.19. The number of fused-ring (bicyclic) bond motifs is 1. The topological polar surface area (TPSA) is 85.8 Å². The van der Waals surface area contributed by atoms with Crippen LogP contribution in [0.1, 0.15) is 6.42 Å². The molecule has 1 aromatic heterocycles. The van der Waals surface area contributed by atoms with Crippen molar-refractivity contribution in [2.75, 3.05) is 36.4 Å². The van der Waals surface area contributed by atoms with Gasteiger partial charge in [0.2, 0.25) is 0 Å². The fraction of sp³-hybridized carbons (Fsp3) is 0.261. The van der Waals surface area contributed by atoms with Gasteiger partial charge >= 0.3 is 18.2 Å².